The molecule has 0 heterocycles. The van der Waals surface area contributed by atoms with Crippen LogP contribution < -0.4 is 5.32 Å². The van der Waals surface area contributed by atoms with Crippen LogP contribution in [-0.4, -0.2) is 11.0 Å². The number of benzene rings is 1. The van der Waals surface area contributed by atoms with E-state index in [9.17, 15) is 10.1 Å². The van der Waals surface area contributed by atoms with E-state index in [1.165, 1.54) is 25.3 Å². The molecule has 1 saturated carbocycles. The molecule has 0 amide bonds. The summed E-state index contributed by atoms with van der Waals surface area (Å²) in [4.78, 5) is 10.3. The smallest absolute Gasteiger partial charge is 0.287 e. The van der Waals surface area contributed by atoms with Gasteiger partial charge in [-0.15, -0.1) is 0 Å². The van der Waals surface area contributed by atoms with E-state index >= 15 is 0 Å². The Hall–Kier alpha value is -2.09. The van der Waals surface area contributed by atoms with Crippen LogP contribution in [0.25, 0.3) is 0 Å². The van der Waals surface area contributed by atoms with E-state index in [1.54, 1.807) is 12.1 Å². The largest absolute Gasteiger partial charge is 0.382 e. The first kappa shape index (κ1) is 14.3. The summed E-state index contributed by atoms with van der Waals surface area (Å²) in [5.74, 6) is 0.759. The lowest BCUT2D eigenvalue weighted by atomic mass is 9.84. The number of nitriles is 1. The topological polar surface area (TPSA) is 79.0 Å². The molecule has 1 aliphatic rings. The molecule has 2 atom stereocenters. The van der Waals surface area contributed by atoms with Gasteiger partial charge in [0.25, 0.3) is 5.69 Å². The zero-order chi connectivity index (χ0) is 14.5. The second-order valence-electron chi connectivity index (χ2n) is 5.38. The summed E-state index contributed by atoms with van der Waals surface area (Å²) < 4.78 is 0. The first-order valence-corrected chi connectivity index (χ1v) is 7.09. The molecule has 2 unspecified atom stereocenters. The van der Waals surface area contributed by atoms with Gasteiger partial charge in [0.1, 0.15) is 11.6 Å². The Morgan fingerprint density at radius 2 is 2.30 bits per heavy atom. The van der Waals surface area contributed by atoms with E-state index in [1.807, 2.05) is 6.07 Å². The van der Waals surface area contributed by atoms with Gasteiger partial charge in [0.05, 0.1) is 4.92 Å². The Kier molecular flexibility index (Phi) is 4.57. The molecule has 2 rings (SSSR count). The third-order valence-electron chi connectivity index (χ3n) is 4.04. The van der Waals surface area contributed by atoms with Gasteiger partial charge in [-0.1, -0.05) is 26.2 Å². The van der Waals surface area contributed by atoms with E-state index in [0.29, 0.717) is 6.04 Å². The first-order chi connectivity index (χ1) is 9.63. The van der Waals surface area contributed by atoms with Gasteiger partial charge in [-0.25, -0.2) is 0 Å². The Morgan fingerprint density at radius 3 is 2.95 bits per heavy atom. The standard InChI is InChI=1S/C15H19N3O2/c1-2-11-4-3-5-13(8-11)17-14-6-7-15(18(19)20)12(9-14)10-16/h6-7,9,11,13,17H,2-5,8H2,1H3. The van der Waals surface area contributed by atoms with Crippen molar-refractivity contribution in [1.82, 2.24) is 0 Å². The normalized spacial score (nSPS) is 22.0. The Balaban J connectivity index is 2.10. The highest BCUT2D eigenvalue weighted by atomic mass is 16.6. The van der Waals surface area contributed by atoms with E-state index in [2.05, 4.69) is 12.2 Å². The molecule has 1 N–H and O–H groups in total. The average Bonchev–Trinajstić information content (AvgIpc) is 2.47. The third-order valence-corrected chi connectivity index (χ3v) is 4.04. The molecule has 106 valence electrons. The van der Waals surface area contributed by atoms with Crippen LogP contribution in [0, 0.1) is 27.4 Å². The molecular weight excluding hydrogens is 254 g/mol. The number of nitrogens with zero attached hydrogens (tertiary/aromatic N) is 2. The van der Waals surface area contributed by atoms with Gasteiger partial charge in [-0.05, 0) is 30.9 Å². The fraction of sp³-hybridized carbons (Fsp3) is 0.533. The number of anilines is 1. The van der Waals surface area contributed by atoms with Crippen LogP contribution in [0.3, 0.4) is 0 Å². The highest BCUT2D eigenvalue weighted by molar-refractivity contribution is 5.59. The molecule has 0 spiro atoms. The minimum Gasteiger partial charge on any atom is -0.382 e. The van der Waals surface area contributed by atoms with Crippen LogP contribution in [0.2, 0.25) is 0 Å². The predicted molar refractivity (Wildman–Crippen MR) is 77.5 cm³/mol. The predicted octanol–water partition coefficient (Wildman–Crippen LogP) is 3.85. The highest BCUT2D eigenvalue weighted by Gasteiger charge is 2.21. The minimum absolute atomic E-state index is 0.114. The molecule has 0 bridgehead atoms. The second kappa shape index (κ2) is 6.38. The zero-order valence-electron chi connectivity index (χ0n) is 11.6. The molecule has 1 fully saturated rings. The lowest BCUT2D eigenvalue weighted by Crippen LogP contribution is -2.27. The van der Waals surface area contributed by atoms with E-state index < -0.39 is 4.92 Å². The van der Waals surface area contributed by atoms with Crippen molar-refractivity contribution in [3.8, 4) is 6.07 Å². The second-order valence-corrected chi connectivity index (χ2v) is 5.38. The number of nitrogens with one attached hydrogen (secondary N) is 1. The molecule has 1 aromatic carbocycles. The molecule has 1 aliphatic carbocycles. The molecule has 0 aliphatic heterocycles. The summed E-state index contributed by atoms with van der Waals surface area (Å²) in [6.07, 6.45) is 5.96. The van der Waals surface area contributed by atoms with E-state index in [0.717, 1.165) is 24.4 Å². The molecule has 0 radical (unpaired) electrons. The molecule has 5 heteroatoms. The van der Waals surface area contributed by atoms with Crippen LogP contribution >= 0.6 is 0 Å². The van der Waals surface area contributed by atoms with E-state index in [-0.39, 0.29) is 11.3 Å². The van der Waals surface area contributed by atoms with Crippen molar-refractivity contribution in [3.05, 3.63) is 33.9 Å². The van der Waals surface area contributed by atoms with Gasteiger partial charge >= 0.3 is 0 Å². The SMILES string of the molecule is CCC1CCCC(Nc2ccc([N+](=O)[O-])c(C#N)c2)C1. The zero-order valence-corrected chi connectivity index (χ0v) is 11.6. The number of nitro benzene ring substituents is 1. The van der Waals surface area contributed by atoms with Crippen molar-refractivity contribution in [2.24, 2.45) is 5.92 Å². The fourth-order valence-corrected chi connectivity index (χ4v) is 2.90. The fourth-order valence-electron chi connectivity index (χ4n) is 2.90. The van der Waals surface area contributed by atoms with Crippen LogP contribution in [-0.2, 0) is 0 Å². The Morgan fingerprint density at radius 1 is 1.50 bits per heavy atom. The van der Waals surface area contributed by atoms with Gasteiger partial charge in [-0.2, -0.15) is 5.26 Å². The third kappa shape index (κ3) is 3.27. The van der Waals surface area contributed by atoms with Crippen molar-refractivity contribution in [2.75, 3.05) is 5.32 Å². The van der Waals surface area contributed by atoms with Gasteiger partial charge in [-0.3, -0.25) is 10.1 Å². The number of hydrogen-bond donors (Lipinski definition) is 1. The summed E-state index contributed by atoms with van der Waals surface area (Å²) in [7, 11) is 0. The number of rotatable bonds is 4. The highest BCUT2D eigenvalue weighted by Crippen LogP contribution is 2.29. The lowest BCUT2D eigenvalue weighted by molar-refractivity contribution is -0.385. The Bertz CT molecular complexity index is 536. The lowest BCUT2D eigenvalue weighted by Gasteiger charge is -2.29. The maximum atomic E-state index is 10.8. The Labute approximate surface area is 118 Å². The molecule has 20 heavy (non-hydrogen) atoms. The van der Waals surface area contributed by atoms with Crippen molar-refractivity contribution in [2.45, 2.75) is 45.1 Å². The first-order valence-electron chi connectivity index (χ1n) is 7.09. The van der Waals surface area contributed by atoms with Crippen LogP contribution in [0.15, 0.2) is 18.2 Å². The van der Waals surface area contributed by atoms with Crippen LogP contribution in [0.4, 0.5) is 11.4 Å². The minimum atomic E-state index is -0.518. The number of hydrogen-bond acceptors (Lipinski definition) is 4. The van der Waals surface area contributed by atoms with E-state index in [4.69, 9.17) is 5.26 Å². The summed E-state index contributed by atoms with van der Waals surface area (Å²) in [6, 6.07) is 6.97. The van der Waals surface area contributed by atoms with Gasteiger partial charge < -0.3 is 5.32 Å². The van der Waals surface area contributed by atoms with Crippen molar-refractivity contribution < 1.29 is 4.92 Å². The molecule has 5 nitrogen and oxygen atoms in total. The molecule has 0 saturated heterocycles. The van der Waals surface area contributed by atoms with Crippen LogP contribution in [0.5, 0.6) is 0 Å². The van der Waals surface area contributed by atoms with Gasteiger partial charge in [0, 0.05) is 17.8 Å². The summed E-state index contributed by atoms with van der Waals surface area (Å²) in [5.41, 5.74) is 0.782. The summed E-state index contributed by atoms with van der Waals surface area (Å²) in [6.45, 7) is 2.21. The maximum Gasteiger partial charge on any atom is 0.287 e. The molecular formula is C15H19N3O2. The number of nitro groups is 1. The summed E-state index contributed by atoms with van der Waals surface area (Å²) >= 11 is 0. The van der Waals surface area contributed by atoms with Gasteiger partial charge in [0.2, 0.25) is 0 Å². The van der Waals surface area contributed by atoms with Crippen molar-refractivity contribution in [1.29, 1.82) is 5.26 Å². The molecule has 1 aromatic rings. The van der Waals surface area contributed by atoms with Crippen molar-refractivity contribution in [3.63, 3.8) is 0 Å². The average molecular weight is 273 g/mol. The van der Waals surface area contributed by atoms with Crippen LogP contribution in [0.1, 0.15) is 44.6 Å². The van der Waals surface area contributed by atoms with Gasteiger partial charge in [0.15, 0.2) is 0 Å². The molecule has 0 aromatic heterocycles. The summed E-state index contributed by atoms with van der Waals surface area (Å²) in [5, 5.41) is 23.2. The maximum absolute atomic E-state index is 10.8. The monoisotopic (exact) mass is 273 g/mol. The van der Waals surface area contributed by atoms with Crippen molar-refractivity contribution >= 4 is 11.4 Å². The quantitative estimate of drug-likeness (QED) is 0.667.